The van der Waals surface area contributed by atoms with Crippen molar-refractivity contribution in [3.63, 3.8) is 0 Å². The number of carbonyl (C=O) groups is 1. The molecular formula is C13H20N2O2. The zero-order chi connectivity index (χ0) is 12.7. The molecule has 0 aromatic heterocycles. The van der Waals surface area contributed by atoms with E-state index in [1.165, 1.54) is 12.1 Å². The van der Waals surface area contributed by atoms with Gasteiger partial charge in [-0.2, -0.15) is 0 Å². The average Bonchev–Trinajstić information content (AvgIpc) is 2.35. The molecule has 94 valence electrons. The van der Waals surface area contributed by atoms with Gasteiger partial charge in [0.25, 0.3) is 5.91 Å². The van der Waals surface area contributed by atoms with Crippen molar-refractivity contribution in [3.8, 4) is 5.75 Å². The number of carbonyl (C=O) groups excluding carboxylic acids is 1. The molecule has 0 aliphatic rings. The molecule has 1 aromatic rings. The van der Waals surface area contributed by atoms with Crippen LogP contribution in [0, 0.1) is 5.92 Å². The van der Waals surface area contributed by atoms with E-state index in [0.717, 1.165) is 12.8 Å². The predicted molar refractivity (Wildman–Crippen MR) is 67.9 cm³/mol. The minimum Gasteiger partial charge on any atom is -0.508 e. The Bertz CT molecular complexity index is 349. The van der Waals surface area contributed by atoms with E-state index in [2.05, 4.69) is 12.2 Å². The topological polar surface area (TPSA) is 75.3 Å². The number of amides is 1. The summed E-state index contributed by atoms with van der Waals surface area (Å²) in [7, 11) is 0. The van der Waals surface area contributed by atoms with E-state index >= 15 is 0 Å². The van der Waals surface area contributed by atoms with E-state index in [1.54, 1.807) is 12.1 Å². The van der Waals surface area contributed by atoms with Gasteiger partial charge >= 0.3 is 0 Å². The first kappa shape index (κ1) is 13.5. The quantitative estimate of drug-likeness (QED) is 0.700. The standard InChI is InChI=1S/C13H20N2O2/c1-2-10(7-8-14)9-15-13(17)11-3-5-12(16)6-4-11/h3-6,10,16H,2,7-9,14H2,1H3,(H,15,17). The smallest absolute Gasteiger partial charge is 0.251 e. The number of benzene rings is 1. The zero-order valence-electron chi connectivity index (χ0n) is 10.1. The van der Waals surface area contributed by atoms with Gasteiger partial charge < -0.3 is 16.2 Å². The van der Waals surface area contributed by atoms with Gasteiger partial charge in [0.1, 0.15) is 5.75 Å². The first-order chi connectivity index (χ1) is 8.17. The van der Waals surface area contributed by atoms with E-state index in [0.29, 0.717) is 24.6 Å². The number of phenols is 1. The van der Waals surface area contributed by atoms with E-state index in [4.69, 9.17) is 10.8 Å². The SMILES string of the molecule is CCC(CCN)CNC(=O)c1ccc(O)cc1. The monoisotopic (exact) mass is 236 g/mol. The van der Waals surface area contributed by atoms with Crippen molar-refractivity contribution in [1.82, 2.24) is 5.32 Å². The summed E-state index contributed by atoms with van der Waals surface area (Å²) in [4.78, 5) is 11.8. The van der Waals surface area contributed by atoms with Crippen molar-refractivity contribution < 1.29 is 9.90 Å². The number of hydrogen-bond donors (Lipinski definition) is 3. The highest BCUT2D eigenvalue weighted by Crippen LogP contribution is 2.10. The molecule has 0 heterocycles. The number of phenolic OH excluding ortho intramolecular Hbond substituents is 1. The fraction of sp³-hybridized carbons (Fsp3) is 0.462. The van der Waals surface area contributed by atoms with Crippen molar-refractivity contribution in [3.05, 3.63) is 29.8 Å². The van der Waals surface area contributed by atoms with Crippen molar-refractivity contribution in [2.24, 2.45) is 11.7 Å². The first-order valence-corrected chi connectivity index (χ1v) is 5.94. The lowest BCUT2D eigenvalue weighted by Crippen LogP contribution is -2.30. The Kier molecular flexibility index (Phi) is 5.49. The molecule has 0 spiro atoms. The molecule has 1 unspecified atom stereocenters. The molecule has 0 bridgehead atoms. The maximum absolute atomic E-state index is 11.8. The molecule has 4 heteroatoms. The molecule has 17 heavy (non-hydrogen) atoms. The van der Waals surface area contributed by atoms with Crippen molar-refractivity contribution >= 4 is 5.91 Å². The van der Waals surface area contributed by atoms with Crippen LogP contribution in [0.2, 0.25) is 0 Å². The summed E-state index contributed by atoms with van der Waals surface area (Å²) in [5.41, 5.74) is 6.06. The van der Waals surface area contributed by atoms with Gasteiger partial charge in [0.15, 0.2) is 0 Å². The summed E-state index contributed by atoms with van der Waals surface area (Å²) in [6.07, 6.45) is 1.93. The lowest BCUT2D eigenvalue weighted by Gasteiger charge is -2.14. The highest BCUT2D eigenvalue weighted by molar-refractivity contribution is 5.94. The van der Waals surface area contributed by atoms with Crippen LogP contribution < -0.4 is 11.1 Å². The van der Waals surface area contributed by atoms with E-state index in [9.17, 15) is 4.79 Å². The number of hydrogen-bond acceptors (Lipinski definition) is 3. The molecule has 0 saturated heterocycles. The second-order valence-corrected chi connectivity index (χ2v) is 4.11. The number of rotatable bonds is 6. The molecule has 0 fully saturated rings. The summed E-state index contributed by atoms with van der Waals surface area (Å²) < 4.78 is 0. The lowest BCUT2D eigenvalue weighted by molar-refractivity contribution is 0.0946. The second-order valence-electron chi connectivity index (χ2n) is 4.11. The van der Waals surface area contributed by atoms with Gasteiger partial charge in [-0.25, -0.2) is 0 Å². The lowest BCUT2D eigenvalue weighted by atomic mass is 10.0. The van der Waals surface area contributed by atoms with Crippen LogP contribution in [0.4, 0.5) is 0 Å². The summed E-state index contributed by atoms with van der Waals surface area (Å²) in [5, 5.41) is 12.0. The minimum absolute atomic E-state index is 0.111. The van der Waals surface area contributed by atoms with Crippen LogP contribution in [0.1, 0.15) is 30.1 Å². The molecule has 1 rings (SSSR count). The zero-order valence-corrected chi connectivity index (χ0v) is 10.1. The molecule has 4 nitrogen and oxygen atoms in total. The van der Waals surface area contributed by atoms with Crippen LogP contribution in [0.25, 0.3) is 0 Å². The van der Waals surface area contributed by atoms with E-state index in [-0.39, 0.29) is 11.7 Å². The molecule has 0 aliphatic carbocycles. The summed E-state index contributed by atoms with van der Waals surface area (Å²) in [6, 6.07) is 6.22. The Labute approximate surface area is 102 Å². The van der Waals surface area contributed by atoms with Crippen LogP contribution in [-0.2, 0) is 0 Å². The molecular weight excluding hydrogens is 216 g/mol. The second kappa shape index (κ2) is 6.91. The minimum atomic E-state index is -0.111. The Morgan fingerprint density at radius 2 is 2.06 bits per heavy atom. The van der Waals surface area contributed by atoms with Gasteiger partial charge in [-0.1, -0.05) is 13.3 Å². The normalized spacial score (nSPS) is 12.1. The van der Waals surface area contributed by atoms with Gasteiger partial charge in [-0.05, 0) is 43.1 Å². The highest BCUT2D eigenvalue weighted by Gasteiger charge is 2.09. The Balaban J connectivity index is 2.46. The summed E-state index contributed by atoms with van der Waals surface area (Å²) in [6.45, 7) is 3.38. The fourth-order valence-electron chi connectivity index (χ4n) is 1.64. The van der Waals surface area contributed by atoms with Gasteiger partial charge in [0.2, 0.25) is 0 Å². The maximum Gasteiger partial charge on any atom is 0.251 e. The summed E-state index contributed by atoms with van der Waals surface area (Å²) >= 11 is 0. The summed E-state index contributed by atoms with van der Waals surface area (Å²) in [5.74, 6) is 0.484. The Hall–Kier alpha value is -1.55. The van der Waals surface area contributed by atoms with Crippen LogP contribution in [-0.4, -0.2) is 24.1 Å². The molecule has 0 aliphatic heterocycles. The van der Waals surface area contributed by atoms with Crippen LogP contribution in [0.5, 0.6) is 5.75 Å². The Morgan fingerprint density at radius 1 is 1.41 bits per heavy atom. The molecule has 0 radical (unpaired) electrons. The van der Waals surface area contributed by atoms with E-state index in [1.807, 2.05) is 0 Å². The van der Waals surface area contributed by atoms with Gasteiger partial charge in [0.05, 0.1) is 0 Å². The number of aromatic hydroxyl groups is 1. The van der Waals surface area contributed by atoms with Crippen LogP contribution in [0.3, 0.4) is 0 Å². The van der Waals surface area contributed by atoms with Crippen molar-refractivity contribution in [2.45, 2.75) is 19.8 Å². The Morgan fingerprint density at radius 3 is 2.59 bits per heavy atom. The highest BCUT2D eigenvalue weighted by atomic mass is 16.3. The number of nitrogens with two attached hydrogens (primary N) is 1. The van der Waals surface area contributed by atoms with Gasteiger partial charge in [-0.3, -0.25) is 4.79 Å². The third-order valence-corrected chi connectivity index (χ3v) is 2.83. The van der Waals surface area contributed by atoms with Crippen molar-refractivity contribution in [1.29, 1.82) is 0 Å². The molecule has 0 saturated carbocycles. The molecule has 4 N–H and O–H groups in total. The number of nitrogens with one attached hydrogen (secondary N) is 1. The first-order valence-electron chi connectivity index (χ1n) is 5.94. The molecule has 1 atom stereocenters. The van der Waals surface area contributed by atoms with Crippen LogP contribution in [0.15, 0.2) is 24.3 Å². The van der Waals surface area contributed by atoms with Gasteiger partial charge in [-0.15, -0.1) is 0 Å². The van der Waals surface area contributed by atoms with E-state index < -0.39 is 0 Å². The maximum atomic E-state index is 11.8. The third kappa shape index (κ3) is 4.44. The van der Waals surface area contributed by atoms with Gasteiger partial charge in [0, 0.05) is 12.1 Å². The fourth-order valence-corrected chi connectivity index (χ4v) is 1.64. The predicted octanol–water partition coefficient (Wildman–Crippen LogP) is 1.50. The average molecular weight is 236 g/mol. The van der Waals surface area contributed by atoms with Crippen LogP contribution >= 0.6 is 0 Å². The largest absolute Gasteiger partial charge is 0.508 e. The van der Waals surface area contributed by atoms with Crippen molar-refractivity contribution in [2.75, 3.05) is 13.1 Å². The molecule has 1 amide bonds. The molecule has 1 aromatic carbocycles. The third-order valence-electron chi connectivity index (χ3n) is 2.83.